The molecule has 2 aliphatic carbocycles. The molecule has 0 radical (unpaired) electrons. The summed E-state index contributed by atoms with van der Waals surface area (Å²) in [7, 11) is 0. The van der Waals surface area contributed by atoms with Crippen LogP contribution < -0.4 is 10.2 Å². The van der Waals surface area contributed by atoms with Crippen LogP contribution in [0.5, 0.6) is 0 Å². The Hall–Kier alpha value is -0.770. The van der Waals surface area contributed by atoms with Crippen LogP contribution in [0.4, 0.5) is 4.79 Å². The molecule has 0 aromatic carbocycles. The first kappa shape index (κ1) is 14.2. The molecule has 0 unspecified atom stereocenters. The molecule has 4 nitrogen and oxygen atoms in total. The Morgan fingerprint density at radius 1 is 0.900 bits per heavy atom. The van der Waals surface area contributed by atoms with E-state index < -0.39 is 0 Å². The Bertz CT molecular complexity index is 314. The van der Waals surface area contributed by atoms with Gasteiger partial charge in [-0.05, 0) is 38.5 Å². The van der Waals surface area contributed by atoms with Gasteiger partial charge in [-0.15, -0.1) is 0 Å². The predicted molar refractivity (Wildman–Crippen MR) is 79.9 cm³/mol. The lowest BCUT2D eigenvalue weighted by molar-refractivity contribution is -0.928. The number of carbonyl (C=O) groups is 1. The molecule has 3 rings (SSSR count). The molecule has 0 bridgehead atoms. The van der Waals surface area contributed by atoms with E-state index in [1.165, 1.54) is 57.8 Å². The van der Waals surface area contributed by atoms with E-state index in [2.05, 4.69) is 5.32 Å². The normalized spacial score (nSPS) is 26.9. The van der Waals surface area contributed by atoms with Crippen LogP contribution >= 0.6 is 0 Å². The summed E-state index contributed by atoms with van der Waals surface area (Å²) < 4.78 is 0. The van der Waals surface area contributed by atoms with Crippen LogP contribution in [0.2, 0.25) is 0 Å². The van der Waals surface area contributed by atoms with Crippen LogP contribution in [0.15, 0.2) is 0 Å². The minimum Gasteiger partial charge on any atom is -0.335 e. The van der Waals surface area contributed by atoms with Crippen LogP contribution in [0, 0.1) is 0 Å². The van der Waals surface area contributed by atoms with Crippen LogP contribution in [0.3, 0.4) is 0 Å². The standard InChI is InChI=1S/C16H29N3O/c20-16(17-14-6-2-1-3-7-14)19-12-10-18(11-13-19)15-8-4-5-9-15/h14-15H,1-13H2,(H,17,20)/p+1. The highest BCUT2D eigenvalue weighted by Gasteiger charge is 2.31. The Balaban J connectivity index is 1.41. The summed E-state index contributed by atoms with van der Waals surface area (Å²) in [5, 5.41) is 3.25. The van der Waals surface area contributed by atoms with Crippen LogP contribution in [-0.4, -0.2) is 49.2 Å². The second-order valence-electron chi connectivity index (χ2n) is 6.91. The van der Waals surface area contributed by atoms with Gasteiger partial charge < -0.3 is 15.1 Å². The third-order valence-electron chi connectivity index (χ3n) is 5.56. The second-order valence-corrected chi connectivity index (χ2v) is 6.91. The largest absolute Gasteiger partial charge is 0.335 e. The zero-order valence-electron chi connectivity index (χ0n) is 12.7. The van der Waals surface area contributed by atoms with E-state index in [0.29, 0.717) is 6.04 Å². The molecular weight excluding hydrogens is 250 g/mol. The summed E-state index contributed by atoms with van der Waals surface area (Å²) in [5.41, 5.74) is 0. The number of rotatable bonds is 2. The lowest BCUT2D eigenvalue weighted by Crippen LogP contribution is -3.18. The summed E-state index contributed by atoms with van der Waals surface area (Å²) in [6.07, 6.45) is 11.9. The number of piperazine rings is 1. The molecule has 1 heterocycles. The van der Waals surface area contributed by atoms with E-state index in [0.717, 1.165) is 32.2 Å². The van der Waals surface area contributed by atoms with Gasteiger partial charge in [0, 0.05) is 6.04 Å². The second kappa shape index (κ2) is 6.79. The van der Waals surface area contributed by atoms with Gasteiger partial charge in [-0.1, -0.05) is 19.3 Å². The van der Waals surface area contributed by atoms with E-state index in [9.17, 15) is 4.79 Å². The van der Waals surface area contributed by atoms with Crippen LogP contribution in [-0.2, 0) is 0 Å². The van der Waals surface area contributed by atoms with Gasteiger partial charge in [-0.2, -0.15) is 0 Å². The molecule has 1 aliphatic heterocycles. The van der Waals surface area contributed by atoms with E-state index in [1.807, 2.05) is 4.90 Å². The molecule has 2 saturated carbocycles. The maximum Gasteiger partial charge on any atom is 0.318 e. The average Bonchev–Trinajstić information content (AvgIpc) is 3.03. The van der Waals surface area contributed by atoms with E-state index >= 15 is 0 Å². The monoisotopic (exact) mass is 280 g/mol. The highest BCUT2D eigenvalue weighted by Crippen LogP contribution is 2.18. The van der Waals surface area contributed by atoms with E-state index in [1.54, 1.807) is 4.90 Å². The fourth-order valence-electron chi connectivity index (χ4n) is 4.25. The zero-order chi connectivity index (χ0) is 13.8. The minimum absolute atomic E-state index is 0.197. The Morgan fingerprint density at radius 3 is 2.15 bits per heavy atom. The smallest absolute Gasteiger partial charge is 0.318 e. The molecule has 0 aromatic rings. The van der Waals surface area contributed by atoms with Gasteiger partial charge in [-0.25, -0.2) is 4.79 Å². The van der Waals surface area contributed by atoms with Crippen molar-refractivity contribution in [3.8, 4) is 0 Å². The first-order valence-corrected chi connectivity index (χ1v) is 8.73. The number of carbonyl (C=O) groups excluding carboxylic acids is 1. The number of urea groups is 1. The number of quaternary nitrogens is 1. The van der Waals surface area contributed by atoms with Gasteiger partial charge in [0.1, 0.15) is 0 Å². The lowest BCUT2D eigenvalue weighted by Gasteiger charge is -2.36. The van der Waals surface area contributed by atoms with Crippen molar-refractivity contribution < 1.29 is 9.69 Å². The SMILES string of the molecule is O=C(NC1CCCCC1)N1CC[NH+](C2CCCC2)CC1. The van der Waals surface area contributed by atoms with Crippen molar-refractivity contribution in [3.63, 3.8) is 0 Å². The van der Waals surface area contributed by atoms with Crippen molar-refractivity contribution in [2.45, 2.75) is 69.9 Å². The van der Waals surface area contributed by atoms with Gasteiger partial charge in [0.15, 0.2) is 0 Å². The van der Waals surface area contributed by atoms with Crippen molar-refractivity contribution in [3.05, 3.63) is 0 Å². The summed E-state index contributed by atoms with van der Waals surface area (Å²) in [5.74, 6) is 0. The van der Waals surface area contributed by atoms with Crippen molar-refractivity contribution in [1.82, 2.24) is 10.2 Å². The highest BCUT2D eigenvalue weighted by atomic mass is 16.2. The van der Waals surface area contributed by atoms with E-state index in [-0.39, 0.29) is 6.03 Å². The third-order valence-corrected chi connectivity index (χ3v) is 5.56. The third kappa shape index (κ3) is 3.46. The molecule has 3 fully saturated rings. The maximum absolute atomic E-state index is 12.3. The predicted octanol–water partition coefficient (Wildman–Crippen LogP) is 1.17. The first-order chi connectivity index (χ1) is 9.83. The molecule has 4 heteroatoms. The summed E-state index contributed by atoms with van der Waals surface area (Å²) >= 11 is 0. The van der Waals surface area contributed by atoms with Crippen molar-refractivity contribution in [2.24, 2.45) is 0 Å². The van der Waals surface area contributed by atoms with Crippen molar-refractivity contribution >= 4 is 6.03 Å². The number of hydrogen-bond donors (Lipinski definition) is 2. The molecule has 1 saturated heterocycles. The fraction of sp³-hybridized carbons (Fsp3) is 0.938. The summed E-state index contributed by atoms with van der Waals surface area (Å²) in [4.78, 5) is 16.1. The molecule has 20 heavy (non-hydrogen) atoms. The van der Waals surface area contributed by atoms with Gasteiger partial charge in [0.05, 0.1) is 32.2 Å². The molecule has 0 atom stereocenters. The number of hydrogen-bond acceptors (Lipinski definition) is 1. The molecular formula is C16H30N3O+. The first-order valence-electron chi connectivity index (χ1n) is 8.73. The number of nitrogens with one attached hydrogen (secondary N) is 2. The van der Waals surface area contributed by atoms with E-state index in [4.69, 9.17) is 0 Å². The molecule has 0 spiro atoms. The number of nitrogens with zero attached hydrogens (tertiary/aromatic N) is 1. The molecule has 3 aliphatic rings. The highest BCUT2D eigenvalue weighted by molar-refractivity contribution is 5.74. The summed E-state index contributed by atoms with van der Waals surface area (Å²) in [6.45, 7) is 4.21. The van der Waals surface area contributed by atoms with Crippen molar-refractivity contribution in [1.29, 1.82) is 0 Å². The average molecular weight is 280 g/mol. The maximum atomic E-state index is 12.3. The minimum atomic E-state index is 0.197. The fourth-order valence-corrected chi connectivity index (χ4v) is 4.25. The van der Waals surface area contributed by atoms with Gasteiger partial charge in [-0.3, -0.25) is 0 Å². The molecule has 114 valence electrons. The Labute approximate surface area is 122 Å². The van der Waals surface area contributed by atoms with Crippen LogP contribution in [0.1, 0.15) is 57.8 Å². The van der Waals surface area contributed by atoms with Gasteiger partial charge in [0.25, 0.3) is 0 Å². The molecule has 2 N–H and O–H groups in total. The Morgan fingerprint density at radius 2 is 1.50 bits per heavy atom. The number of amides is 2. The van der Waals surface area contributed by atoms with Gasteiger partial charge in [0.2, 0.25) is 0 Å². The quantitative estimate of drug-likeness (QED) is 0.783. The van der Waals surface area contributed by atoms with Gasteiger partial charge >= 0.3 is 6.03 Å². The summed E-state index contributed by atoms with van der Waals surface area (Å²) in [6, 6.07) is 1.53. The molecule has 2 amide bonds. The Kier molecular flexibility index (Phi) is 4.81. The van der Waals surface area contributed by atoms with Crippen LogP contribution in [0.25, 0.3) is 0 Å². The lowest BCUT2D eigenvalue weighted by atomic mass is 9.96. The topological polar surface area (TPSA) is 36.8 Å². The van der Waals surface area contributed by atoms with Crippen molar-refractivity contribution in [2.75, 3.05) is 26.2 Å². The zero-order valence-corrected chi connectivity index (χ0v) is 12.7. The molecule has 0 aromatic heterocycles.